The summed E-state index contributed by atoms with van der Waals surface area (Å²) in [5.41, 5.74) is 0.0510. The highest BCUT2D eigenvalue weighted by molar-refractivity contribution is 6.33. The summed E-state index contributed by atoms with van der Waals surface area (Å²) < 4.78 is 39.9. The second-order valence-electron chi connectivity index (χ2n) is 5.26. The first-order chi connectivity index (χ1) is 11.7. The third-order valence-corrected chi connectivity index (χ3v) is 3.93. The van der Waals surface area contributed by atoms with Gasteiger partial charge in [-0.05, 0) is 30.3 Å². The van der Waals surface area contributed by atoms with Crippen molar-refractivity contribution in [3.8, 4) is 0 Å². The van der Waals surface area contributed by atoms with Crippen molar-refractivity contribution in [2.24, 2.45) is 0 Å². The molecule has 3 rings (SSSR count). The number of carbonyl (C=O) groups is 1. The van der Waals surface area contributed by atoms with Crippen molar-refractivity contribution in [1.82, 2.24) is 9.38 Å². The first-order valence-electron chi connectivity index (χ1n) is 7.02. The molecule has 1 N–H and O–H groups in total. The Morgan fingerprint density at radius 2 is 1.92 bits per heavy atom. The fourth-order valence-electron chi connectivity index (χ4n) is 2.26. The first-order valence-corrected chi connectivity index (χ1v) is 7.78. The number of imidazole rings is 1. The Morgan fingerprint density at radius 3 is 2.64 bits per heavy atom. The third-order valence-electron chi connectivity index (χ3n) is 3.37. The monoisotopic (exact) mass is 387 g/mol. The number of fused-ring (bicyclic) bond motifs is 1. The number of hydrogen-bond donors (Lipinski definition) is 1. The number of rotatable bonds is 3. The van der Waals surface area contributed by atoms with Crippen molar-refractivity contribution in [3.63, 3.8) is 0 Å². The number of amides is 1. The topological polar surface area (TPSA) is 46.4 Å². The van der Waals surface area contributed by atoms with Gasteiger partial charge in [-0.3, -0.25) is 4.79 Å². The van der Waals surface area contributed by atoms with Gasteiger partial charge in [-0.15, -0.1) is 0 Å². The summed E-state index contributed by atoms with van der Waals surface area (Å²) in [6.45, 7) is 0. The summed E-state index contributed by atoms with van der Waals surface area (Å²) in [6.07, 6.45) is -1.39. The second-order valence-corrected chi connectivity index (χ2v) is 6.11. The number of hydrogen-bond acceptors (Lipinski definition) is 2. The molecule has 0 aliphatic carbocycles. The highest BCUT2D eigenvalue weighted by Crippen LogP contribution is 2.33. The molecule has 2 aromatic heterocycles. The van der Waals surface area contributed by atoms with Gasteiger partial charge in [0.2, 0.25) is 5.91 Å². The molecule has 1 aromatic carbocycles. The van der Waals surface area contributed by atoms with Gasteiger partial charge < -0.3 is 9.72 Å². The van der Waals surface area contributed by atoms with E-state index >= 15 is 0 Å². The molecule has 0 unspecified atom stereocenters. The molecule has 0 saturated heterocycles. The number of benzene rings is 1. The fraction of sp³-hybridized carbons (Fsp3) is 0.125. The molecule has 25 heavy (non-hydrogen) atoms. The van der Waals surface area contributed by atoms with Crippen molar-refractivity contribution < 1.29 is 18.0 Å². The van der Waals surface area contributed by atoms with E-state index in [0.29, 0.717) is 16.4 Å². The number of carbonyl (C=O) groups excluding carboxylic acids is 1. The lowest BCUT2D eigenvalue weighted by Gasteiger charge is -2.11. The zero-order valence-corrected chi connectivity index (χ0v) is 14.0. The predicted octanol–water partition coefficient (Wildman–Crippen LogP) is 4.84. The van der Waals surface area contributed by atoms with Gasteiger partial charge in [0.1, 0.15) is 5.65 Å². The van der Waals surface area contributed by atoms with E-state index < -0.39 is 17.6 Å². The van der Waals surface area contributed by atoms with Gasteiger partial charge >= 0.3 is 6.18 Å². The van der Waals surface area contributed by atoms with Crippen LogP contribution in [0.25, 0.3) is 5.65 Å². The predicted molar refractivity (Wildman–Crippen MR) is 89.0 cm³/mol. The van der Waals surface area contributed by atoms with Crippen molar-refractivity contribution in [2.45, 2.75) is 12.6 Å². The minimum atomic E-state index is -4.52. The van der Waals surface area contributed by atoms with Gasteiger partial charge in [-0.25, -0.2) is 4.98 Å². The second kappa shape index (κ2) is 6.57. The van der Waals surface area contributed by atoms with Crippen LogP contribution in [0.3, 0.4) is 0 Å². The maximum absolute atomic E-state index is 12.8. The van der Waals surface area contributed by atoms with Gasteiger partial charge in [0.15, 0.2) is 0 Å². The van der Waals surface area contributed by atoms with Crippen LogP contribution in [-0.4, -0.2) is 15.3 Å². The number of nitrogens with zero attached hydrogens (tertiary/aromatic N) is 2. The Kier molecular flexibility index (Phi) is 4.62. The van der Waals surface area contributed by atoms with E-state index in [9.17, 15) is 18.0 Å². The van der Waals surface area contributed by atoms with Crippen molar-refractivity contribution in [3.05, 3.63) is 64.0 Å². The van der Waals surface area contributed by atoms with Crippen LogP contribution < -0.4 is 5.32 Å². The molecule has 0 fully saturated rings. The average Bonchev–Trinajstić information content (AvgIpc) is 2.89. The molecular formula is C16H10Cl2F3N3O. The number of alkyl halides is 3. The van der Waals surface area contributed by atoms with Gasteiger partial charge in [0, 0.05) is 12.4 Å². The number of halogens is 5. The van der Waals surface area contributed by atoms with E-state index in [1.165, 1.54) is 0 Å². The summed E-state index contributed by atoms with van der Waals surface area (Å²) in [5.74, 6) is -0.532. The van der Waals surface area contributed by atoms with E-state index in [2.05, 4.69) is 10.3 Å². The molecule has 0 saturated carbocycles. The quantitative estimate of drug-likeness (QED) is 0.698. The third kappa shape index (κ3) is 4.05. The molecule has 130 valence electrons. The van der Waals surface area contributed by atoms with Crippen molar-refractivity contribution in [2.75, 3.05) is 5.32 Å². The molecule has 3 aromatic rings. The zero-order chi connectivity index (χ0) is 18.2. The van der Waals surface area contributed by atoms with Crippen LogP contribution in [0.4, 0.5) is 18.9 Å². The average molecular weight is 388 g/mol. The molecule has 0 spiro atoms. The minimum absolute atomic E-state index is 0.0168. The largest absolute Gasteiger partial charge is 0.416 e. The van der Waals surface area contributed by atoms with E-state index in [0.717, 1.165) is 18.2 Å². The van der Waals surface area contributed by atoms with Gasteiger partial charge in [0.25, 0.3) is 0 Å². The summed E-state index contributed by atoms with van der Waals surface area (Å²) in [7, 11) is 0. The number of anilines is 1. The maximum atomic E-state index is 12.8. The summed E-state index contributed by atoms with van der Waals surface area (Å²) in [5, 5.41) is 2.91. The van der Waals surface area contributed by atoms with Crippen LogP contribution in [0.2, 0.25) is 10.0 Å². The summed E-state index contributed by atoms with van der Waals surface area (Å²) in [4.78, 5) is 16.4. The van der Waals surface area contributed by atoms with E-state index in [4.69, 9.17) is 23.2 Å². The lowest BCUT2D eigenvalue weighted by atomic mass is 10.2. The van der Waals surface area contributed by atoms with Crippen LogP contribution >= 0.6 is 23.2 Å². The van der Waals surface area contributed by atoms with Crippen LogP contribution in [0, 0.1) is 0 Å². The van der Waals surface area contributed by atoms with Gasteiger partial charge in [0.05, 0.1) is 33.4 Å². The molecule has 0 aliphatic heterocycles. The van der Waals surface area contributed by atoms with Crippen molar-refractivity contribution >= 4 is 40.4 Å². The van der Waals surface area contributed by atoms with E-state index in [1.807, 2.05) is 0 Å². The van der Waals surface area contributed by atoms with Crippen molar-refractivity contribution in [1.29, 1.82) is 0 Å². The molecule has 4 nitrogen and oxygen atoms in total. The molecule has 0 radical (unpaired) electrons. The Hall–Kier alpha value is -2.25. The van der Waals surface area contributed by atoms with Crippen LogP contribution in [0.15, 0.2) is 42.7 Å². The van der Waals surface area contributed by atoms with E-state index in [1.54, 1.807) is 28.9 Å². The molecule has 9 heteroatoms. The van der Waals surface area contributed by atoms with Gasteiger partial charge in [-0.1, -0.05) is 23.2 Å². The smallest absolute Gasteiger partial charge is 0.324 e. The van der Waals surface area contributed by atoms with Crippen LogP contribution in [-0.2, 0) is 17.4 Å². The highest BCUT2D eigenvalue weighted by atomic mass is 35.5. The number of pyridine rings is 1. The lowest BCUT2D eigenvalue weighted by molar-refractivity contribution is -0.137. The minimum Gasteiger partial charge on any atom is -0.324 e. The zero-order valence-electron chi connectivity index (χ0n) is 12.4. The molecule has 0 bridgehead atoms. The Bertz CT molecular complexity index is 953. The summed E-state index contributed by atoms with van der Waals surface area (Å²) in [6, 6.07) is 6.09. The summed E-state index contributed by atoms with van der Waals surface area (Å²) >= 11 is 11.7. The molecule has 0 atom stereocenters. The standard InChI is InChI=1S/C16H10Cl2F3N3O/c17-10-2-4-14-22-11(8-24(14)7-10)6-15(25)23-13-5-9(16(19,20)21)1-3-12(13)18/h1-5,7-8H,6H2,(H,23,25). The first kappa shape index (κ1) is 17.6. The molecule has 0 aliphatic rings. The van der Waals surface area contributed by atoms with Crippen LogP contribution in [0.1, 0.15) is 11.3 Å². The SMILES string of the molecule is O=C(Cc1cn2cc(Cl)ccc2n1)Nc1cc(C(F)(F)F)ccc1Cl. The normalized spacial score (nSPS) is 11.7. The fourth-order valence-corrected chi connectivity index (χ4v) is 2.59. The Morgan fingerprint density at radius 1 is 1.16 bits per heavy atom. The van der Waals surface area contributed by atoms with E-state index in [-0.39, 0.29) is 17.1 Å². The lowest BCUT2D eigenvalue weighted by Crippen LogP contribution is -2.16. The number of nitrogens with one attached hydrogen (secondary N) is 1. The molecular weight excluding hydrogens is 378 g/mol. The Labute approximate surface area is 150 Å². The van der Waals surface area contributed by atoms with Crippen LogP contribution in [0.5, 0.6) is 0 Å². The number of aromatic nitrogens is 2. The maximum Gasteiger partial charge on any atom is 0.416 e. The molecule has 2 heterocycles. The highest BCUT2D eigenvalue weighted by Gasteiger charge is 2.31. The Balaban J connectivity index is 1.77. The van der Waals surface area contributed by atoms with Gasteiger partial charge in [-0.2, -0.15) is 13.2 Å². The molecule has 1 amide bonds.